The van der Waals surface area contributed by atoms with Crippen molar-refractivity contribution in [3.63, 3.8) is 0 Å². The molecule has 0 saturated carbocycles. The number of carbonyl (C=O) groups is 1. The lowest BCUT2D eigenvalue weighted by Crippen LogP contribution is -2.23. The summed E-state index contributed by atoms with van der Waals surface area (Å²) in [6.45, 7) is 0.633. The number of aromatic nitrogens is 2. The number of nitrogens with one attached hydrogen (secondary N) is 1. The molecule has 0 saturated heterocycles. The van der Waals surface area contributed by atoms with Crippen molar-refractivity contribution >= 4 is 11.6 Å². The summed E-state index contributed by atoms with van der Waals surface area (Å²) in [4.78, 5) is 17.7. The van der Waals surface area contributed by atoms with Gasteiger partial charge in [-0.05, 0) is 12.1 Å². The molecule has 0 spiro atoms. The van der Waals surface area contributed by atoms with Crippen molar-refractivity contribution < 1.29 is 4.79 Å². The fourth-order valence-corrected chi connectivity index (χ4v) is 1.81. The van der Waals surface area contributed by atoms with Crippen LogP contribution in [0.25, 0.3) is 0 Å². The maximum absolute atomic E-state index is 12.1. The van der Waals surface area contributed by atoms with Crippen molar-refractivity contribution in [2.24, 2.45) is 7.05 Å². The number of para-hydroxylation sites is 1. The average Bonchev–Trinajstić information content (AvgIpc) is 2.81. The number of carbonyl (C=O) groups excluding carboxylic acids is 1. The largest absolute Gasteiger partial charge is 0.379 e. The van der Waals surface area contributed by atoms with Gasteiger partial charge in [0.25, 0.3) is 5.91 Å². The highest BCUT2D eigenvalue weighted by atomic mass is 16.2. The van der Waals surface area contributed by atoms with Gasteiger partial charge in [0.1, 0.15) is 0 Å². The molecule has 0 aliphatic rings. The van der Waals surface area contributed by atoms with E-state index in [1.54, 1.807) is 25.3 Å². The average molecular weight is 258 g/mol. The molecule has 1 aromatic heterocycles. The summed E-state index contributed by atoms with van der Waals surface area (Å²) in [5.74, 6) is -0.00638. The summed E-state index contributed by atoms with van der Waals surface area (Å²) >= 11 is 0. The van der Waals surface area contributed by atoms with Crippen LogP contribution in [0, 0.1) is 0 Å². The van der Waals surface area contributed by atoms with Crippen molar-refractivity contribution in [3.05, 3.63) is 48.0 Å². The highest BCUT2D eigenvalue weighted by molar-refractivity contribution is 5.99. The Morgan fingerprint density at radius 2 is 2.11 bits per heavy atom. The van der Waals surface area contributed by atoms with Gasteiger partial charge in [0.2, 0.25) is 0 Å². The van der Waals surface area contributed by atoms with Gasteiger partial charge in [-0.1, -0.05) is 12.1 Å². The number of anilines is 1. The van der Waals surface area contributed by atoms with Crippen LogP contribution in [-0.2, 0) is 13.6 Å². The molecule has 100 valence electrons. The van der Waals surface area contributed by atoms with Gasteiger partial charge in [0.05, 0.1) is 24.1 Å². The molecule has 0 atom stereocenters. The van der Waals surface area contributed by atoms with E-state index < -0.39 is 0 Å². The number of aryl methyl sites for hydroxylation is 1. The van der Waals surface area contributed by atoms with Crippen LogP contribution in [0.3, 0.4) is 0 Å². The zero-order valence-corrected chi connectivity index (χ0v) is 11.4. The van der Waals surface area contributed by atoms with Crippen LogP contribution >= 0.6 is 0 Å². The number of benzene rings is 1. The standard InChI is InChI=1S/C14H18N4O/c1-17(2)14(19)12-6-4-5-7-13(12)16-9-11-8-15-10-18(11)3/h4-8,10,16H,9H2,1-3H3. The van der Waals surface area contributed by atoms with Crippen molar-refractivity contribution in [1.82, 2.24) is 14.5 Å². The Labute approximate surface area is 112 Å². The van der Waals surface area contributed by atoms with Crippen molar-refractivity contribution in [2.45, 2.75) is 6.54 Å². The molecule has 0 aliphatic heterocycles. The van der Waals surface area contributed by atoms with Crippen LogP contribution in [0.1, 0.15) is 16.1 Å². The van der Waals surface area contributed by atoms with E-state index in [1.807, 2.05) is 42.1 Å². The number of hydrogen-bond donors (Lipinski definition) is 1. The normalized spacial score (nSPS) is 10.3. The van der Waals surface area contributed by atoms with Crippen LogP contribution in [0.15, 0.2) is 36.8 Å². The van der Waals surface area contributed by atoms with Crippen LogP contribution in [-0.4, -0.2) is 34.5 Å². The van der Waals surface area contributed by atoms with E-state index in [2.05, 4.69) is 10.3 Å². The Morgan fingerprint density at radius 1 is 1.37 bits per heavy atom. The molecule has 1 N–H and O–H groups in total. The van der Waals surface area contributed by atoms with Gasteiger partial charge in [-0.3, -0.25) is 4.79 Å². The lowest BCUT2D eigenvalue weighted by atomic mass is 10.1. The van der Waals surface area contributed by atoms with Gasteiger partial charge >= 0.3 is 0 Å². The summed E-state index contributed by atoms with van der Waals surface area (Å²) in [5.41, 5.74) is 2.57. The maximum Gasteiger partial charge on any atom is 0.255 e. The van der Waals surface area contributed by atoms with Gasteiger partial charge < -0.3 is 14.8 Å². The topological polar surface area (TPSA) is 50.2 Å². The summed E-state index contributed by atoms with van der Waals surface area (Å²) in [6, 6.07) is 7.52. The summed E-state index contributed by atoms with van der Waals surface area (Å²) in [5, 5.41) is 3.28. The van der Waals surface area contributed by atoms with Gasteiger partial charge in [0.15, 0.2) is 0 Å². The molecule has 1 amide bonds. The first-order chi connectivity index (χ1) is 9.09. The van der Waals surface area contributed by atoms with Crippen molar-refractivity contribution in [2.75, 3.05) is 19.4 Å². The fourth-order valence-electron chi connectivity index (χ4n) is 1.81. The van der Waals surface area contributed by atoms with Crippen molar-refractivity contribution in [3.8, 4) is 0 Å². The number of nitrogens with zero attached hydrogens (tertiary/aromatic N) is 3. The predicted molar refractivity (Wildman–Crippen MR) is 75.0 cm³/mol. The Hall–Kier alpha value is -2.30. The van der Waals surface area contributed by atoms with Gasteiger partial charge in [0, 0.05) is 33.0 Å². The van der Waals surface area contributed by atoms with E-state index in [-0.39, 0.29) is 5.91 Å². The van der Waals surface area contributed by atoms with Crippen LogP contribution in [0.2, 0.25) is 0 Å². The van der Waals surface area contributed by atoms with E-state index in [9.17, 15) is 4.79 Å². The van der Waals surface area contributed by atoms with E-state index in [4.69, 9.17) is 0 Å². The SMILES string of the molecule is CN(C)C(=O)c1ccccc1NCc1cncn1C. The highest BCUT2D eigenvalue weighted by Gasteiger charge is 2.12. The second-order valence-corrected chi connectivity index (χ2v) is 4.59. The molecule has 19 heavy (non-hydrogen) atoms. The first-order valence-corrected chi connectivity index (χ1v) is 6.09. The number of amides is 1. The fraction of sp³-hybridized carbons (Fsp3) is 0.286. The third-order valence-corrected chi connectivity index (χ3v) is 2.94. The molecular formula is C14H18N4O. The number of hydrogen-bond acceptors (Lipinski definition) is 3. The molecule has 5 heteroatoms. The highest BCUT2D eigenvalue weighted by Crippen LogP contribution is 2.17. The Morgan fingerprint density at radius 3 is 2.74 bits per heavy atom. The second-order valence-electron chi connectivity index (χ2n) is 4.59. The third-order valence-electron chi connectivity index (χ3n) is 2.94. The monoisotopic (exact) mass is 258 g/mol. The van der Waals surface area contributed by atoms with E-state index in [0.717, 1.165) is 11.4 Å². The molecule has 0 unspecified atom stereocenters. The Balaban J connectivity index is 2.17. The summed E-state index contributed by atoms with van der Waals surface area (Å²) in [7, 11) is 5.45. The summed E-state index contributed by atoms with van der Waals surface area (Å²) < 4.78 is 1.95. The molecule has 2 aromatic rings. The summed E-state index contributed by atoms with van der Waals surface area (Å²) in [6.07, 6.45) is 3.57. The van der Waals surface area contributed by atoms with Crippen molar-refractivity contribution in [1.29, 1.82) is 0 Å². The Kier molecular flexibility index (Phi) is 3.85. The lowest BCUT2D eigenvalue weighted by Gasteiger charge is -2.15. The molecule has 0 aliphatic carbocycles. The van der Waals surface area contributed by atoms with Gasteiger partial charge in [-0.2, -0.15) is 0 Å². The molecule has 0 radical (unpaired) electrons. The third kappa shape index (κ3) is 2.93. The number of rotatable bonds is 4. The van der Waals surface area contributed by atoms with E-state index in [1.165, 1.54) is 0 Å². The molecular weight excluding hydrogens is 240 g/mol. The molecule has 0 bridgehead atoms. The molecule has 2 rings (SSSR count). The maximum atomic E-state index is 12.1. The van der Waals surface area contributed by atoms with Gasteiger partial charge in [-0.25, -0.2) is 4.98 Å². The Bertz CT molecular complexity index is 574. The quantitative estimate of drug-likeness (QED) is 0.908. The molecule has 1 aromatic carbocycles. The number of imidazole rings is 1. The smallest absolute Gasteiger partial charge is 0.255 e. The second kappa shape index (κ2) is 5.56. The first-order valence-electron chi connectivity index (χ1n) is 6.09. The zero-order chi connectivity index (χ0) is 13.8. The van der Waals surface area contributed by atoms with E-state index in [0.29, 0.717) is 12.1 Å². The zero-order valence-electron chi connectivity index (χ0n) is 11.4. The van der Waals surface area contributed by atoms with E-state index >= 15 is 0 Å². The predicted octanol–water partition coefficient (Wildman–Crippen LogP) is 1.73. The molecule has 1 heterocycles. The van der Waals surface area contributed by atoms with Gasteiger partial charge in [-0.15, -0.1) is 0 Å². The molecule has 5 nitrogen and oxygen atoms in total. The van der Waals surface area contributed by atoms with Crippen LogP contribution in [0.4, 0.5) is 5.69 Å². The van der Waals surface area contributed by atoms with Crippen LogP contribution in [0.5, 0.6) is 0 Å². The molecule has 0 fully saturated rings. The lowest BCUT2D eigenvalue weighted by molar-refractivity contribution is 0.0828. The van der Waals surface area contributed by atoms with Crippen LogP contribution < -0.4 is 5.32 Å². The first kappa shape index (κ1) is 13.1. The minimum absolute atomic E-state index is 0.00638. The minimum atomic E-state index is -0.00638. The minimum Gasteiger partial charge on any atom is -0.379 e.